The molecule has 6 heteroatoms. The molecule has 0 bridgehead atoms. The standard InChI is InChI=1S/C15H22N4O2/c1-11(2)7-13-10-19(5-6-21-13)14(20)4-3-12-8-17-15(16)18-9-12/h3-4,8-9,11,13H,5-7,10H2,1-2H3,(H2,16,17,18). The maximum Gasteiger partial charge on any atom is 0.246 e. The maximum atomic E-state index is 12.2. The molecule has 2 heterocycles. The van der Waals surface area contributed by atoms with Crippen LogP contribution >= 0.6 is 0 Å². The summed E-state index contributed by atoms with van der Waals surface area (Å²) in [6, 6.07) is 0. The van der Waals surface area contributed by atoms with Gasteiger partial charge in [0.1, 0.15) is 0 Å². The number of rotatable bonds is 4. The lowest BCUT2D eigenvalue weighted by Crippen LogP contribution is -2.45. The van der Waals surface area contributed by atoms with E-state index in [9.17, 15) is 4.79 Å². The van der Waals surface area contributed by atoms with E-state index in [-0.39, 0.29) is 18.0 Å². The second kappa shape index (κ2) is 7.17. The van der Waals surface area contributed by atoms with Crippen LogP contribution in [0.3, 0.4) is 0 Å². The molecule has 6 nitrogen and oxygen atoms in total. The van der Waals surface area contributed by atoms with Crippen molar-refractivity contribution in [3.8, 4) is 0 Å². The summed E-state index contributed by atoms with van der Waals surface area (Å²) in [5, 5.41) is 0. The van der Waals surface area contributed by atoms with Gasteiger partial charge in [-0.15, -0.1) is 0 Å². The van der Waals surface area contributed by atoms with Crippen molar-refractivity contribution >= 4 is 17.9 Å². The first-order valence-electron chi connectivity index (χ1n) is 7.20. The normalized spacial score (nSPS) is 19.4. The van der Waals surface area contributed by atoms with Crippen LogP contribution in [0.1, 0.15) is 25.8 Å². The number of carbonyl (C=O) groups excluding carboxylic acids is 1. The highest BCUT2D eigenvalue weighted by Crippen LogP contribution is 2.14. The molecular weight excluding hydrogens is 268 g/mol. The highest BCUT2D eigenvalue weighted by Gasteiger charge is 2.23. The number of hydrogen-bond donors (Lipinski definition) is 1. The molecule has 2 rings (SSSR count). The first kappa shape index (κ1) is 15.4. The van der Waals surface area contributed by atoms with Gasteiger partial charge in [-0.25, -0.2) is 9.97 Å². The van der Waals surface area contributed by atoms with Gasteiger partial charge in [0.15, 0.2) is 0 Å². The summed E-state index contributed by atoms with van der Waals surface area (Å²) < 4.78 is 5.69. The zero-order valence-corrected chi connectivity index (χ0v) is 12.5. The average Bonchev–Trinajstić information content (AvgIpc) is 2.46. The Kier molecular flexibility index (Phi) is 5.27. The van der Waals surface area contributed by atoms with E-state index in [2.05, 4.69) is 23.8 Å². The fourth-order valence-electron chi connectivity index (χ4n) is 2.29. The molecule has 0 aromatic carbocycles. The fourth-order valence-corrected chi connectivity index (χ4v) is 2.29. The van der Waals surface area contributed by atoms with Gasteiger partial charge in [-0.3, -0.25) is 4.79 Å². The highest BCUT2D eigenvalue weighted by molar-refractivity contribution is 5.91. The molecular formula is C15H22N4O2. The molecule has 1 saturated heterocycles. The molecule has 2 N–H and O–H groups in total. The lowest BCUT2D eigenvalue weighted by molar-refractivity contribution is -0.134. The predicted octanol–water partition coefficient (Wildman–Crippen LogP) is 1.35. The Hall–Kier alpha value is -1.95. The number of nitrogens with two attached hydrogens (primary N) is 1. The summed E-state index contributed by atoms with van der Waals surface area (Å²) in [4.78, 5) is 21.8. The third-order valence-electron chi connectivity index (χ3n) is 3.29. The van der Waals surface area contributed by atoms with Crippen molar-refractivity contribution in [3.63, 3.8) is 0 Å². The lowest BCUT2D eigenvalue weighted by Gasteiger charge is -2.33. The van der Waals surface area contributed by atoms with E-state index in [1.165, 1.54) is 0 Å². The van der Waals surface area contributed by atoms with E-state index in [4.69, 9.17) is 10.5 Å². The topological polar surface area (TPSA) is 81.3 Å². The first-order chi connectivity index (χ1) is 10.0. The summed E-state index contributed by atoms with van der Waals surface area (Å²) in [6.07, 6.45) is 7.54. The Bertz CT molecular complexity index is 499. The minimum absolute atomic E-state index is 0.0103. The smallest absolute Gasteiger partial charge is 0.246 e. The van der Waals surface area contributed by atoms with E-state index in [1.54, 1.807) is 24.5 Å². The average molecular weight is 290 g/mol. The van der Waals surface area contributed by atoms with E-state index in [0.717, 1.165) is 12.0 Å². The van der Waals surface area contributed by atoms with Crippen molar-refractivity contribution in [2.45, 2.75) is 26.4 Å². The summed E-state index contributed by atoms with van der Waals surface area (Å²) in [7, 11) is 0. The minimum Gasteiger partial charge on any atom is -0.375 e. The number of nitrogens with zero attached hydrogens (tertiary/aromatic N) is 3. The van der Waals surface area contributed by atoms with Crippen LogP contribution in [0.4, 0.5) is 5.95 Å². The van der Waals surface area contributed by atoms with Crippen molar-refractivity contribution in [2.75, 3.05) is 25.4 Å². The van der Waals surface area contributed by atoms with Gasteiger partial charge in [-0.1, -0.05) is 13.8 Å². The van der Waals surface area contributed by atoms with E-state index < -0.39 is 0 Å². The monoisotopic (exact) mass is 290 g/mol. The Balaban J connectivity index is 1.91. The van der Waals surface area contributed by atoms with Gasteiger partial charge in [0.25, 0.3) is 0 Å². The second-order valence-corrected chi connectivity index (χ2v) is 5.61. The first-order valence-corrected chi connectivity index (χ1v) is 7.20. The molecule has 1 aromatic rings. The van der Waals surface area contributed by atoms with Crippen LogP contribution in [0, 0.1) is 5.92 Å². The molecule has 1 atom stereocenters. The number of anilines is 1. The van der Waals surface area contributed by atoms with Gasteiger partial charge < -0.3 is 15.4 Å². The van der Waals surface area contributed by atoms with Crippen LogP contribution in [0.25, 0.3) is 6.08 Å². The summed E-state index contributed by atoms with van der Waals surface area (Å²) in [5.74, 6) is 0.777. The van der Waals surface area contributed by atoms with Crippen molar-refractivity contribution in [1.82, 2.24) is 14.9 Å². The predicted molar refractivity (Wildman–Crippen MR) is 81.3 cm³/mol. The number of ether oxygens (including phenoxy) is 1. The molecule has 1 amide bonds. The summed E-state index contributed by atoms with van der Waals surface area (Å²) >= 11 is 0. The zero-order valence-electron chi connectivity index (χ0n) is 12.5. The van der Waals surface area contributed by atoms with Gasteiger partial charge >= 0.3 is 0 Å². The van der Waals surface area contributed by atoms with Gasteiger partial charge in [-0.2, -0.15) is 0 Å². The molecule has 0 spiro atoms. The molecule has 1 fully saturated rings. The van der Waals surface area contributed by atoms with E-state index in [1.807, 2.05) is 4.90 Å². The zero-order chi connectivity index (χ0) is 15.2. The maximum absolute atomic E-state index is 12.2. The molecule has 0 saturated carbocycles. The molecule has 1 aromatic heterocycles. The SMILES string of the molecule is CC(C)CC1CN(C(=O)C=Cc2cnc(N)nc2)CCO1. The van der Waals surface area contributed by atoms with Gasteiger partial charge in [0.05, 0.1) is 12.7 Å². The van der Waals surface area contributed by atoms with E-state index in [0.29, 0.717) is 25.6 Å². The van der Waals surface area contributed by atoms with Crippen LogP contribution in [-0.4, -0.2) is 46.6 Å². The molecule has 1 aliphatic rings. The Morgan fingerprint density at radius 3 is 2.90 bits per heavy atom. The Labute approximate surface area is 125 Å². The van der Waals surface area contributed by atoms with Gasteiger partial charge in [0, 0.05) is 37.1 Å². The number of morpholine rings is 1. The third kappa shape index (κ3) is 4.82. The van der Waals surface area contributed by atoms with Crippen LogP contribution in [0.5, 0.6) is 0 Å². The van der Waals surface area contributed by atoms with Crippen molar-refractivity contribution in [1.29, 1.82) is 0 Å². The molecule has 0 radical (unpaired) electrons. The largest absolute Gasteiger partial charge is 0.375 e. The fraction of sp³-hybridized carbons (Fsp3) is 0.533. The summed E-state index contributed by atoms with van der Waals surface area (Å²) in [5.41, 5.74) is 6.17. The van der Waals surface area contributed by atoms with Crippen LogP contribution in [0.15, 0.2) is 18.5 Å². The molecule has 0 aliphatic carbocycles. The number of hydrogen-bond acceptors (Lipinski definition) is 5. The van der Waals surface area contributed by atoms with Gasteiger partial charge in [0.2, 0.25) is 11.9 Å². The quantitative estimate of drug-likeness (QED) is 0.846. The van der Waals surface area contributed by atoms with Crippen LogP contribution in [0.2, 0.25) is 0 Å². The van der Waals surface area contributed by atoms with Crippen molar-refractivity contribution in [3.05, 3.63) is 24.0 Å². The molecule has 21 heavy (non-hydrogen) atoms. The number of aromatic nitrogens is 2. The minimum atomic E-state index is -0.0103. The Morgan fingerprint density at radius 2 is 2.24 bits per heavy atom. The van der Waals surface area contributed by atoms with Gasteiger partial charge in [-0.05, 0) is 18.4 Å². The number of amides is 1. The molecule has 1 unspecified atom stereocenters. The molecule has 114 valence electrons. The number of nitrogen functional groups attached to an aromatic ring is 1. The highest BCUT2D eigenvalue weighted by atomic mass is 16.5. The number of carbonyl (C=O) groups is 1. The molecule has 1 aliphatic heterocycles. The van der Waals surface area contributed by atoms with Crippen molar-refractivity contribution in [2.24, 2.45) is 5.92 Å². The van der Waals surface area contributed by atoms with Crippen LogP contribution in [-0.2, 0) is 9.53 Å². The van der Waals surface area contributed by atoms with E-state index >= 15 is 0 Å². The Morgan fingerprint density at radius 1 is 1.52 bits per heavy atom. The lowest BCUT2D eigenvalue weighted by atomic mass is 10.0. The second-order valence-electron chi connectivity index (χ2n) is 5.61. The summed E-state index contributed by atoms with van der Waals surface area (Å²) in [6.45, 7) is 6.20. The van der Waals surface area contributed by atoms with Crippen molar-refractivity contribution < 1.29 is 9.53 Å². The third-order valence-corrected chi connectivity index (χ3v) is 3.29. The van der Waals surface area contributed by atoms with Crippen LogP contribution < -0.4 is 5.73 Å².